The molecule has 1 aromatic carbocycles. The maximum atomic E-state index is 12.2. The van der Waals surface area contributed by atoms with Crippen LogP contribution in [0.15, 0.2) is 49.1 Å². The second kappa shape index (κ2) is 15.0. The van der Waals surface area contributed by atoms with Crippen LogP contribution in [0.3, 0.4) is 0 Å². The third kappa shape index (κ3) is 9.44. The molecule has 2 aromatic heterocycles. The van der Waals surface area contributed by atoms with E-state index in [0.717, 1.165) is 18.2 Å². The van der Waals surface area contributed by atoms with Crippen molar-refractivity contribution >= 4 is 23.4 Å². The van der Waals surface area contributed by atoms with E-state index in [2.05, 4.69) is 25.3 Å². The lowest BCUT2D eigenvalue weighted by Gasteiger charge is -2.06. The largest absolute Gasteiger partial charge is 0.466 e. The monoisotopic (exact) mass is 460 g/mol. The number of nitrogens with zero attached hydrogens (tertiary/aromatic N) is 4. The number of halogens is 1. The van der Waals surface area contributed by atoms with Crippen LogP contribution in [-0.4, -0.2) is 45.3 Å². The average Bonchev–Trinajstić information content (AvgIpc) is 3.23. The highest BCUT2D eigenvalue weighted by atomic mass is 19.3. The second-order valence-corrected chi connectivity index (χ2v) is 6.13. The van der Waals surface area contributed by atoms with Crippen LogP contribution in [0.1, 0.15) is 42.4 Å². The second-order valence-electron chi connectivity index (χ2n) is 6.13. The van der Waals surface area contributed by atoms with Gasteiger partial charge in [-0.2, -0.15) is 10.0 Å². The first kappa shape index (κ1) is 27.2. The number of esters is 1. The van der Waals surface area contributed by atoms with Gasteiger partial charge in [0.1, 0.15) is 0 Å². The first-order valence-electron chi connectivity index (χ1n) is 10.2. The topological polar surface area (TPSA) is 134 Å². The van der Waals surface area contributed by atoms with Crippen molar-refractivity contribution in [2.75, 3.05) is 24.8 Å². The molecule has 33 heavy (non-hydrogen) atoms. The third-order valence-electron chi connectivity index (χ3n) is 3.82. The molecular formula is C22H29FN6O4. The smallest absolute Gasteiger partial charge is 0.310 e. The summed E-state index contributed by atoms with van der Waals surface area (Å²) < 4.78 is 16.4. The number of nitrogen functional groups attached to an aromatic ring is 1. The highest BCUT2D eigenvalue weighted by molar-refractivity contribution is 6.05. The van der Waals surface area contributed by atoms with Crippen molar-refractivity contribution in [3.63, 3.8) is 0 Å². The van der Waals surface area contributed by atoms with E-state index in [9.17, 15) is 14.1 Å². The number of rotatable bonds is 7. The first-order valence-corrected chi connectivity index (χ1v) is 10.2. The maximum Gasteiger partial charge on any atom is 0.310 e. The summed E-state index contributed by atoms with van der Waals surface area (Å²) in [6.07, 6.45) is 6.27. The molecule has 11 heteroatoms. The van der Waals surface area contributed by atoms with Crippen LogP contribution in [-0.2, 0) is 27.4 Å². The number of benzene rings is 1. The van der Waals surface area contributed by atoms with E-state index in [1.165, 1.54) is 18.6 Å². The normalized spacial score (nSPS) is 9.61. The molecule has 178 valence electrons. The number of carbonyl (C=O) groups excluding carboxylic acids is 2. The van der Waals surface area contributed by atoms with Gasteiger partial charge in [-0.15, -0.1) is 0 Å². The molecule has 0 saturated heterocycles. The van der Waals surface area contributed by atoms with Crippen molar-refractivity contribution in [1.82, 2.24) is 19.7 Å². The van der Waals surface area contributed by atoms with Gasteiger partial charge in [0.2, 0.25) is 0 Å². The van der Waals surface area contributed by atoms with Crippen LogP contribution in [0.5, 0.6) is 0 Å². The quantitative estimate of drug-likeness (QED) is 0.513. The van der Waals surface area contributed by atoms with Crippen molar-refractivity contribution in [3.05, 3.63) is 65.9 Å². The van der Waals surface area contributed by atoms with Crippen molar-refractivity contribution < 1.29 is 23.8 Å². The lowest BCUT2D eigenvalue weighted by Crippen LogP contribution is -2.16. The van der Waals surface area contributed by atoms with E-state index < -0.39 is 5.91 Å². The predicted molar refractivity (Wildman–Crippen MR) is 122 cm³/mol. The van der Waals surface area contributed by atoms with Crippen LogP contribution in [0.25, 0.3) is 0 Å². The maximum absolute atomic E-state index is 12.2. The fourth-order valence-corrected chi connectivity index (χ4v) is 2.63. The zero-order valence-electron chi connectivity index (χ0n) is 19.1. The minimum absolute atomic E-state index is 0.0573. The van der Waals surface area contributed by atoms with E-state index in [1.807, 2.05) is 38.1 Å². The summed E-state index contributed by atoms with van der Waals surface area (Å²) in [5, 5.41) is 6.93. The Balaban J connectivity index is 0.00000101. The van der Waals surface area contributed by atoms with Crippen LogP contribution in [0.4, 0.5) is 16.0 Å². The molecule has 0 bridgehead atoms. The van der Waals surface area contributed by atoms with E-state index in [0.29, 0.717) is 18.8 Å². The number of hydrogen-bond donors (Lipinski definition) is 2. The van der Waals surface area contributed by atoms with Crippen LogP contribution in [0, 0.1) is 0 Å². The SMILES string of the molecule is CC.CCOC(=O)Cc1cccc(Cn2cc(NC(=O)c3nccnc3N)cn2)c1.COF. The number of ether oxygens (including phenoxy) is 1. The molecule has 0 unspecified atom stereocenters. The molecule has 0 fully saturated rings. The van der Waals surface area contributed by atoms with Crippen LogP contribution < -0.4 is 11.1 Å². The van der Waals surface area contributed by atoms with Gasteiger partial charge in [-0.25, -0.2) is 9.97 Å². The predicted octanol–water partition coefficient (Wildman–Crippen LogP) is 3.21. The standard InChI is InChI=1S/C19H20N6O3.C2H6.CH3FO/c1-2-28-16(26)9-13-4-3-5-14(8-13)11-25-12-15(10-23-25)24-19(27)17-18(20)22-7-6-21-17;1-2;1-3-2/h3-8,10,12H,2,9,11H2,1H3,(H2,20,22)(H,24,27);1-2H3;1H3. The molecule has 0 atom stereocenters. The van der Waals surface area contributed by atoms with Gasteiger partial charge in [0, 0.05) is 18.6 Å². The molecule has 1 amide bonds. The Morgan fingerprint density at radius 3 is 2.52 bits per heavy atom. The van der Waals surface area contributed by atoms with Gasteiger partial charge in [-0.3, -0.25) is 14.3 Å². The molecule has 0 aliphatic rings. The van der Waals surface area contributed by atoms with Crippen molar-refractivity contribution in [2.24, 2.45) is 0 Å². The Morgan fingerprint density at radius 1 is 1.18 bits per heavy atom. The summed E-state index contributed by atoms with van der Waals surface area (Å²) in [6.45, 7) is 6.63. The molecule has 10 nitrogen and oxygen atoms in total. The van der Waals surface area contributed by atoms with Crippen molar-refractivity contribution in [1.29, 1.82) is 0 Å². The molecule has 0 aliphatic heterocycles. The third-order valence-corrected chi connectivity index (χ3v) is 3.82. The highest BCUT2D eigenvalue weighted by Crippen LogP contribution is 2.13. The zero-order chi connectivity index (χ0) is 24.6. The number of carbonyl (C=O) groups is 2. The Kier molecular flexibility index (Phi) is 12.4. The Morgan fingerprint density at radius 2 is 1.85 bits per heavy atom. The van der Waals surface area contributed by atoms with Gasteiger partial charge < -0.3 is 15.8 Å². The van der Waals surface area contributed by atoms with Gasteiger partial charge >= 0.3 is 5.97 Å². The molecule has 3 N–H and O–H groups in total. The first-order chi connectivity index (χ1) is 16.0. The highest BCUT2D eigenvalue weighted by Gasteiger charge is 2.13. The molecule has 3 aromatic rings. The molecule has 0 saturated carbocycles. The zero-order valence-corrected chi connectivity index (χ0v) is 19.1. The Hall–Kier alpha value is -3.86. The van der Waals surface area contributed by atoms with Gasteiger partial charge in [0.15, 0.2) is 11.5 Å². The summed E-state index contributed by atoms with van der Waals surface area (Å²) in [4.78, 5) is 34.4. The lowest BCUT2D eigenvalue weighted by molar-refractivity contribution is -0.142. The van der Waals surface area contributed by atoms with E-state index in [1.54, 1.807) is 17.8 Å². The fourth-order valence-electron chi connectivity index (χ4n) is 2.63. The number of amides is 1. The minimum Gasteiger partial charge on any atom is -0.466 e. The molecule has 0 radical (unpaired) electrons. The lowest BCUT2D eigenvalue weighted by atomic mass is 10.1. The summed E-state index contributed by atoms with van der Waals surface area (Å²) in [6, 6.07) is 7.62. The Bertz CT molecular complexity index is 1010. The van der Waals surface area contributed by atoms with E-state index >= 15 is 0 Å². The van der Waals surface area contributed by atoms with Crippen LogP contribution in [0.2, 0.25) is 0 Å². The van der Waals surface area contributed by atoms with Gasteiger partial charge in [0.25, 0.3) is 5.91 Å². The van der Waals surface area contributed by atoms with Gasteiger partial charge in [-0.05, 0) is 22.6 Å². The summed E-state index contributed by atoms with van der Waals surface area (Å²) in [5.74, 6) is -0.653. The van der Waals surface area contributed by atoms with Crippen LogP contribution >= 0.6 is 0 Å². The average molecular weight is 461 g/mol. The minimum atomic E-state index is -0.457. The molecule has 0 spiro atoms. The molecule has 3 rings (SSSR count). The van der Waals surface area contributed by atoms with Gasteiger partial charge in [-0.1, -0.05) is 38.1 Å². The number of nitrogens with two attached hydrogens (primary N) is 1. The number of hydrogen-bond acceptors (Lipinski definition) is 8. The number of aromatic nitrogens is 4. The molecule has 0 aliphatic carbocycles. The van der Waals surface area contributed by atoms with E-state index in [4.69, 9.17) is 10.5 Å². The summed E-state index contributed by atoms with van der Waals surface area (Å²) >= 11 is 0. The Labute approximate surface area is 191 Å². The van der Waals surface area contributed by atoms with Gasteiger partial charge in [0.05, 0.1) is 38.6 Å². The van der Waals surface area contributed by atoms with E-state index in [-0.39, 0.29) is 23.9 Å². The molecular weight excluding hydrogens is 431 g/mol. The summed E-state index contributed by atoms with van der Waals surface area (Å²) in [7, 11) is 0.958. The molecule has 2 heterocycles. The summed E-state index contributed by atoms with van der Waals surface area (Å²) in [5.41, 5.74) is 8.07. The van der Waals surface area contributed by atoms with Crippen molar-refractivity contribution in [2.45, 2.75) is 33.7 Å². The fraction of sp³-hybridized carbons (Fsp3) is 0.318. The number of nitrogens with one attached hydrogen (secondary N) is 1. The van der Waals surface area contributed by atoms with Crippen molar-refractivity contribution in [3.8, 4) is 0 Å². The number of anilines is 2.